The van der Waals surface area contributed by atoms with Crippen molar-refractivity contribution in [1.82, 2.24) is 0 Å². The number of fused-ring (bicyclic) bond motifs is 1. The van der Waals surface area contributed by atoms with Gasteiger partial charge in [-0.3, -0.25) is 14.4 Å². The molecule has 2 aromatic rings. The van der Waals surface area contributed by atoms with Crippen LogP contribution < -0.4 is 20.1 Å². The van der Waals surface area contributed by atoms with Crippen LogP contribution in [-0.2, 0) is 25.5 Å². The maximum atomic E-state index is 12.0. The third kappa shape index (κ3) is 5.47. The molecule has 0 atom stereocenters. The van der Waals surface area contributed by atoms with Gasteiger partial charge in [0.1, 0.15) is 13.2 Å². The molecule has 8 heteroatoms. The average molecular weight is 384 g/mol. The molecule has 0 saturated carbocycles. The molecule has 0 fully saturated rings. The summed E-state index contributed by atoms with van der Waals surface area (Å²) in [6.45, 7) is 1.97. The third-order valence-electron chi connectivity index (χ3n) is 3.81. The van der Waals surface area contributed by atoms with Gasteiger partial charge in [-0.15, -0.1) is 0 Å². The van der Waals surface area contributed by atoms with E-state index >= 15 is 0 Å². The molecular weight excluding hydrogens is 364 g/mol. The second-order valence-corrected chi connectivity index (χ2v) is 6.12. The van der Waals surface area contributed by atoms with Crippen molar-refractivity contribution < 1.29 is 28.6 Å². The van der Waals surface area contributed by atoms with Crippen molar-refractivity contribution in [2.45, 2.75) is 13.3 Å². The Morgan fingerprint density at radius 2 is 1.61 bits per heavy atom. The molecule has 0 aromatic heterocycles. The Morgan fingerprint density at radius 1 is 0.929 bits per heavy atom. The SMILES string of the molecule is CC(=O)Nc1ccc(CC(=O)OCC(=O)Nc2ccc3c(c2)OCCO3)cc1. The Kier molecular flexibility index (Phi) is 6.11. The van der Waals surface area contributed by atoms with Crippen molar-refractivity contribution in [3.05, 3.63) is 48.0 Å². The average Bonchev–Trinajstić information content (AvgIpc) is 2.67. The van der Waals surface area contributed by atoms with E-state index in [-0.39, 0.29) is 12.3 Å². The van der Waals surface area contributed by atoms with E-state index in [1.54, 1.807) is 42.5 Å². The van der Waals surface area contributed by atoms with Crippen LogP contribution in [0.5, 0.6) is 11.5 Å². The summed E-state index contributed by atoms with van der Waals surface area (Å²) in [5.74, 6) is 0.0378. The molecule has 2 aromatic carbocycles. The zero-order valence-corrected chi connectivity index (χ0v) is 15.3. The summed E-state index contributed by atoms with van der Waals surface area (Å²) < 4.78 is 15.9. The Hall–Kier alpha value is -3.55. The van der Waals surface area contributed by atoms with Gasteiger partial charge in [0.25, 0.3) is 5.91 Å². The summed E-state index contributed by atoms with van der Waals surface area (Å²) in [6.07, 6.45) is 0.0255. The van der Waals surface area contributed by atoms with Crippen LogP contribution in [0.2, 0.25) is 0 Å². The van der Waals surface area contributed by atoms with E-state index in [1.807, 2.05) is 0 Å². The topological polar surface area (TPSA) is 103 Å². The minimum atomic E-state index is -0.524. The lowest BCUT2D eigenvalue weighted by molar-refractivity contribution is -0.146. The summed E-state index contributed by atoms with van der Waals surface area (Å²) in [6, 6.07) is 11.9. The number of carbonyl (C=O) groups is 3. The Labute approximate surface area is 161 Å². The second kappa shape index (κ2) is 8.90. The number of hydrogen-bond donors (Lipinski definition) is 2. The lowest BCUT2D eigenvalue weighted by atomic mass is 10.1. The Morgan fingerprint density at radius 3 is 2.32 bits per heavy atom. The molecule has 28 heavy (non-hydrogen) atoms. The van der Waals surface area contributed by atoms with Gasteiger partial charge in [-0.1, -0.05) is 12.1 Å². The molecule has 0 bridgehead atoms. The van der Waals surface area contributed by atoms with Gasteiger partial charge in [0.05, 0.1) is 6.42 Å². The number of nitrogens with one attached hydrogen (secondary N) is 2. The van der Waals surface area contributed by atoms with Gasteiger partial charge in [0.15, 0.2) is 18.1 Å². The van der Waals surface area contributed by atoms with Crippen LogP contribution >= 0.6 is 0 Å². The van der Waals surface area contributed by atoms with Gasteiger partial charge in [0.2, 0.25) is 5.91 Å². The first-order valence-electron chi connectivity index (χ1n) is 8.71. The largest absolute Gasteiger partial charge is 0.486 e. The van der Waals surface area contributed by atoms with Crippen LogP contribution in [0.3, 0.4) is 0 Å². The minimum absolute atomic E-state index is 0.0255. The van der Waals surface area contributed by atoms with E-state index in [1.165, 1.54) is 6.92 Å². The van der Waals surface area contributed by atoms with Gasteiger partial charge in [-0.25, -0.2) is 0 Å². The van der Waals surface area contributed by atoms with E-state index in [0.29, 0.717) is 41.7 Å². The van der Waals surface area contributed by atoms with Crippen molar-refractivity contribution in [1.29, 1.82) is 0 Å². The highest BCUT2D eigenvalue weighted by Gasteiger charge is 2.14. The fraction of sp³-hybridized carbons (Fsp3) is 0.250. The number of rotatable bonds is 6. The third-order valence-corrected chi connectivity index (χ3v) is 3.81. The zero-order valence-electron chi connectivity index (χ0n) is 15.3. The lowest BCUT2D eigenvalue weighted by Crippen LogP contribution is -2.22. The highest BCUT2D eigenvalue weighted by Crippen LogP contribution is 2.32. The molecular formula is C20H20N2O6. The molecule has 1 heterocycles. The Bertz CT molecular complexity index is 879. The number of amides is 2. The number of anilines is 2. The monoisotopic (exact) mass is 384 g/mol. The van der Waals surface area contributed by atoms with Crippen LogP contribution in [0, 0.1) is 0 Å². The van der Waals surface area contributed by atoms with Crippen molar-refractivity contribution in [3.8, 4) is 11.5 Å². The molecule has 2 amide bonds. The van der Waals surface area contributed by atoms with E-state index in [0.717, 1.165) is 0 Å². The molecule has 3 rings (SSSR count). The molecule has 8 nitrogen and oxygen atoms in total. The van der Waals surface area contributed by atoms with Gasteiger partial charge in [-0.05, 0) is 29.8 Å². The molecule has 0 saturated heterocycles. The van der Waals surface area contributed by atoms with Crippen molar-refractivity contribution >= 4 is 29.2 Å². The number of benzene rings is 2. The van der Waals surface area contributed by atoms with Crippen LogP contribution in [0.25, 0.3) is 0 Å². The number of carbonyl (C=O) groups excluding carboxylic acids is 3. The number of ether oxygens (including phenoxy) is 3. The predicted octanol–water partition coefficient (Wildman–Crippen LogP) is 2.14. The first-order chi connectivity index (χ1) is 13.5. The van der Waals surface area contributed by atoms with Gasteiger partial charge >= 0.3 is 5.97 Å². The first-order valence-corrected chi connectivity index (χ1v) is 8.71. The fourth-order valence-electron chi connectivity index (χ4n) is 2.59. The standard InChI is InChI=1S/C20H20N2O6/c1-13(23)21-15-4-2-14(3-5-15)10-20(25)28-12-19(24)22-16-6-7-17-18(11-16)27-9-8-26-17/h2-7,11H,8-10,12H2,1H3,(H,21,23)(H,22,24). The van der Waals surface area contributed by atoms with E-state index in [2.05, 4.69) is 10.6 Å². The predicted molar refractivity (Wildman–Crippen MR) is 101 cm³/mol. The minimum Gasteiger partial charge on any atom is -0.486 e. The van der Waals surface area contributed by atoms with Crippen LogP contribution in [0.4, 0.5) is 11.4 Å². The molecule has 0 unspecified atom stereocenters. The summed E-state index contributed by atoms with van der Waals surface area (Å²) in [4.78, 5) is 34.9. The summed E-state index contributed by atoms with van der Waals surface area (Å²) >= 11 is 0. The van der Waals surface area contributed by atoms with E-state index in [4.69, 9.17) is 14.2 Å². The molecule has 0 aliphatic carbocycles. The summed E-state index contributed by atoms with van der Waals surface area (Å²) in [7, 11) is 0. The highest BCUT2D eigenvalue weighted by molar-refractivity contribution is 5.93. The maximum Gasteiger partial charge on any atom is 0.310 e. The molecule has 2 N–H and O–H groups in total. The maximum absolute atomic E-state index is 12.0. The highest BCUT2D eigenvalue weighted by atomic mass is 16.6. The molecule has 0 spiro atoms. The second-order valence-electron chi connectivity index (χ2n) is 6.12. The molecule has 146 valence electrons. The van der Waals surface area contributed by atoms with Crippen molar-refractivity contribution in [2.24, 2.45) is 0 Å². The summed E-state index contributed by atoms with van der Waals surface area (Å²) in [5, 5.41) is 5.29. The molecule has 1 aliphatic heterocycles. The normalized spacial score (nSPS) is 12.0. The number of hydrogen-bond acceptors (Lipinski definition) is 6. The van der Waals surface area contributed by atoms with Crippen LogP contribution in [0.1, 0.15) is 12.5 Å². The quantitative estimate of drug-likeness (QED) is 0.740. The van der Waals surface area contributed by atoms with Gasteiger partial charge in [-0.2, -0.15) is 0 Å². The van der Waals surface area contributed by atoms with Crippen LogP contribution in [0.15, 0.2) is 42.5 Å². The Balaban J connectivity index is 1.45. The lowest BCUT2D eigenvalue weighted by Gasteiger charge is -2.19. The summed E-state index contributed by atoms with van der Waals surface area (Å²) in [5.41, 5.74) is 1.88. The number of esters is 1. The van der Waals surface area contributed by atoms with E-state index in [9.17, 15) is 14.4 Å². The van der Waals surface area contributed by atoms with Crippen molar-refractivity contribution in [3.63, 3.8) is 0 Å². The first kappa shape index (κ1) is 19.2. The molecule has 0 radical (unpaired) electrons. The van der Waals surface area contributed by atoms with Gasteiger partial charge in [0, 0.05) is 24.4 Å². The smallest absolute Gasteiger partial charge is 0.310 e. The van der Waals surface area contributed by atoms with E-state index < -0.39 is 18.5 Å². The van der Waals surface area contributed by atoms with Gasteiger partial charge < -0.3 is 24.8 Å². The fourth-order valence-corrected chi connectivity index (χ4v) is 2.59. The zero-order chi connectivity index (χ0) is 19.9. The molecule has 1 aliphatic rings. The van der Waals surface area contributed by atoms with Crippen LogP contribution in [-0.4, -0.2) is 37.6 Å². The van der Waals surface area contributed by atoms with Crippen molar-refractivity contribution in [2.75, 3.05) is 30.5 Å².